The van der Waals surface area contributed by atoms with Crippen LogP contribution in [0.1, 0.15) is 17.2 Å². The van der Waals surface area contributed by atoms with E-state index in [1.807, 2.05) is 17.8 Å². The van der Waals surface area contributed by atoms with E-state index in [0.717, 1.165) is 50.8 Å². The summed E-state index contributed by atoms with van der Waals surface area (Å²) in [4.78, 5) is 7.46. The van der Waals surface area contributed by atoms with Crippen molar-refractivity contribution in [2.24, 2.45) is 0 Å². The number of benzene rings is 2. The molecule has 1 unspecified atom stereocenters. The zero-order chi connectivity index (χ0) is 26.9. The predicted molar refractivity (Wildman–Crippen MR) is 143 cm³/mol. The number of hydrogen-bond acceptors (Lipinski definition) is 8. The molecular formula is C23H33ClN2O7S3. The van der Waals surface area contributed by atoms with Crippen LogP contribution >= 0.6 is 23.4 Å². The Kier molecular flexibility index (Phi) is 12.1. The number of ether oxygens (including phenoxy) is 1. The molecule has 0 radical (unpaired) electrons. The fourth-order valence-electron chi connectivity index (χ4n) is 3.61. The summed E-state index contributed by atoms with van der Waals surface area (Å²) in [6, 6.07) is 14.8. The van der Waals surface area contributed by atoms with Crippen LogP contribution in [0, 0.1) is 0 Å². The molecule has 2 heterocycles. The maximum absolute atomic E-state index is 9.19. The SMILES string of the molecule is CN1CCN(CCOC2Cc3ccccc3Sc3ccc(Cl)cc32)CC1.CS(=O)(=O)O.CS(=O)(=O)O. The molecule has 4 rings (SSSR count). The van der Waals surface area contributed by atoms with Gasteiger partial charge in [-0.15, -0.1) is 0 Å². The minimum atomic E-state index is -3.67. The molecule has 2 aliphatic heterocycles. The molecule has 13 heteroatoms. The van der Waals surface area contributed by atoms with Gasteiger partial charge < -0.3 is 9.64 Å². The molecule has 2 aliphatic rings. The highest BCUT2D eigenvalue weighted by Gasteiger charge is 2.24. The van der Waals surface area contributed by atoms with Crippen molar-refractivity contribution in [2.75, 3.05) is 58.9 Å². The van der Waals surface area contributed by atoms with Crippen molar-refractivity contribution in [3.05, 3.63) is 58.6 Å². The van der Waals surface area contributed by atoms with Crippen LogP contribution in [0.4, 0.5) is 0 Å². The Morgan fingerprint density at radius 3 is 2.17 bits per heavy atom. The van der Waals surface area contributed by atoms with Gasteiger partial charge in [-0.05, 0) is 42.4 Å². The van der Waals surface area contributed by atoms with E-state index in [1.165, 1.54) is 20.9 Å². The van der Waals surface area contributed by atoms with Crippen molar-refractivity contribution in [2.45, 2.75) is 22.3 Å². The van der Waals surface area contributed by atoms with E-state index in [0.29, 0.717) is 12.5 Å². The van der Waals surface area contributed by atoms with Gasteiger partial charge in [-0.1, -0.05) is 41.6 Å². The number of hydrogen-bond donors (Lipinski definition) is 2. The lowest BCUT2D eigenvalue weighted by Crippen LogP contribution is -2.45. The zero-order valence-corrected chi connectivity index (χ0v) is 23.7. The van der Waals surface area contributed by atoms with E-state index in [9.17, 15) is 16.8 Å². The third kappa shape index (κ3) is 12.8. The normalized spacial score (nSPS) is 18.4. The first-order valence-electron chi connectivity index (χ1n) is 11.1. The quantitative estimate of drug-likeness (QED) is 0.520. The van der Waals surface area contributed by atoms with E-state index < -0.39 is 20.2 Å². The average molecular weight is 581 g/mol. The van der Waals surface area contributed by atoms with Crippen molar-refractivity contribution >= 4 is 43.6 Å². The summed E-state index contributed by atoms with van der Waals surface area (Å²) in [5.74, 6) is 0. The van der Waals surface area contributed by atoms with Crippen molar-refractivity contribution in [1.29, 1.82) is 0 Å². The molecule has 1 atom stereocenters. The van der Waals surface area contributed by atoms with Gasteiger partial charge in [0.1, 0.15) is 0 Å². The maximum Gasteiger partial charge on any atom is 0.261 e. The molecule has 0 amide bonds. The molecular weight excluding hydrogens is 548 g/mol. The molecule has 2 N–H and O–H groups in total. The minimum Gasteiger partial charge on any atom is -0.372 e. The van der Waals surface area contributed by atoms with Crippen LogP contribution in [0.15, 0.2) is 52.3 Å². The minimum absolute atomic E-state index is 0.0623. The van der Waals surface area contributed by atoms with Crippen molar-refractivity contribution in [3.63, 3.8) is 0 Å². The Morgan fingerprint density at radius 1 is 0.972 bits per heavy atom. The van der Waals surface area contributed by atoms with Crippen LogP contribution in [0.25, 0.3) is 0 Å². The molecule has 1 fully saturated rings. The average Bonchev–Trinajstić information content (AvgIpc) is 2.89. The number of rotatable bonds is 4. The lowest BCUT2D eigenvalue weighted by molar-refractivity contribution is 0.0274. The Balaban J connectivity index is 0.000000389. The second-order valence-electron chi connectivity index (χ2n) is 8.57. The highest BCUT2D eigenvalue weighted by atomic mass is 35.5. The fraction of sp³-hybridized carbons (Fsp3) is 0.478. The summed E-state index contributed by atoms with van der Waals surface area (Å²) in [5.41, 5.74) is 2.58. The first kappa shape index (κ1) is 31.0. The van der Waals surface area contributed by atoms with Crippen molar-refractivity contribution < 1.29 is 30.7 Å². The number of piperazine rings is 1. The lowest BCUT2D eigenvalue weighted by atomic mass is 10.0. The maximum atomic E-state index is 9.19. The molecule has 2 aromatic rings. The van der Waals surface area contributed by atoms with Gasteiger partial charge in [0, 0.05) is 54.0 Å². The first-order valence-corrected chi connectivity index (χ1v) is 16.0. The van der Waals surface area contributed by atoms with Crippen LogP contribution in [-0.2, 0) is 31.4 Å². The largest absolute Gasteiger partial charge is 0.372 e. The van der Waals surface area contributed by atoms with Crippen LogP contribution in [0.3, 0.4) is 0 Å². The topological polar surface area (TPSA) is 124 Å². The van der Waals surface area contributed by atoms with Gasteiger partial charge in [-0.2, -0.15) is 16.8 Å². The van der Waals surface area contributed by atoms with Crippen LogP contribution in [-0.4, -0.2) is 94.6 Å². The lowest BCUT2D eigenvalue weighted by Gasteiger charge is -2.32. The van der Waals surface area contributed by atoms with Gasteiger partial charge in [-0.3, -0.25) is 14.0 Å². The molecule has 0 saturated carbocycles. The first-order chi connectivity index (χ1) is 16.7. The Hall–Kier alpha value is -1.22. The van der Waals surface area contributed by atoms with E-state index >= 15 is 0 Å². The second-order valence-corrected chi connectivity index (χ2v) is 13.0. The number of halogens is 1. The highest BCUT2D eigenvalue weighted by molar-refractivity contribution is 7.99. The van der Waals surface area contributed by atoms with Crippen LogP contribution in [0.5, 0.6) is 0 Å². The molecule has 1 saturated heterocycles. The van der Waals surface area contributed by atoms with Crippen LogP contribution < -0.4 is 0 Å². The zero-order valence-electron chi connectivity index (χ0n) is 20.5. The van der Waals surface area contributed by atoms with Crippen molar-refractivity contribution in [1.82, 2.24) is 9.80 Å². The fourth-order valence-corrected chi connectivity index (χ4v) is 4.90. The molecule has 0 aliphatic carbocycles. The van der Waals surface area contributed by atoms with Crippen molar-refractivity contribution in [3.8, 4) is 0 Å². The standard InChI is InChI=1S/C21H25ClN2OS.2CH4O3S/c1-23-8-10-24(11-9-23)12-13-25-19-14-16-4-2-3-5-20(16)26-21-7-6-17(22)15-18(19)21;2*1-5(2,3)4/h2-7,15,19H,8-14H2,1H3;2*1H3,(H,2,3,4). The third-order valence-electron chi connectivity index (χ3n) is 5.24. The summed E-state index contributed by atoms with van der Waals surface area (Å²) in [5, 5.41) is 0.781. The number of nitrogens with zero attached hydrogens (tertiary/aromatic N) is 2. The van der Waals surface area contributed by atoms with Gasteiger partial charge >= 0.3 is 0 Å². The molecule has 0 spiro atoms. The number of fused-ring (bicyclic) bond motifs is 2. The van der Waals surface area contributed by atoms with Gasteiger partial charge in [0.2, 0.25) is 0 Å². The van der Waals surface area contributed by atoms with Gasteiger partial charge in [0.25, 0.3) is 20.2 Å². The van der Waals surface area contributed by atoms with Crippen LogP contribution in [0.2, 0.25) is 5.02 Å². The van der Waals surface area contributed by atoms with E-state index in [1.54, 1.807) is 0 Å². The van der Waals surface area contributed by atoms with Gasteiger partial charge in [0.15, 0.2) is 0 Å². The van der Waals surface area contributed by atoms with E-state index in [-0.39, 0.29) is 6.10 Å². The summed E-state index contributed by atoms with van der Waals surface area (Å²) < 4.78 is 58.1. The Morgan fingerprint density at radius 2 is 1.56 bits per heavy atom. The molecule has 202 valence electrons. The molecule has 0 aromatic heterocycles. The summed E-state index contributed by atoms with van der Waals surface area (Å²) in [7, 11) is -5.14. The number of likely N-dealkylation sites (N-methyl/N-ethyl adjacent to an activating group) is 1. The Bertz CT molecular complexity index is 1160. The molecule has 9 nitrogen and oxygen atoms in total. The predicted octanol–water partition coefficient (Wildman–Crippen LogP) is 3.36. The smallest absolute Gasteiger partial charge is 0.261 e. The van der Waals surface area contributed by atoms with Gasteiger partial charge in [-0.25, -0.2) is 0 Å². The molecule has 0 bridgehead atoms. The van der Waals surface area contributed by atoms with E-state index in [2.05, 4.69) is 53.2 Å². The highest BCUT2D eigenvalue weighted by Crippen LogP contribution is 2.42. The summed E-state index contributed by atoms with van der Waals surface area (Å²) >= 11 is 8.12. The molecule has 2 aromatic carbocycles. The summed E-state index contributed by atoms with van der Waals surface area (Å²) in [6.45, 7) is 6.30. The van der Waals surface area contributed by atoms with E-state index in [4.69, 9.17) is 25.4 Å². The monoisotopic (exact) mass is 580 g/mol. The second kappa shape index (κ2) is 14.1. The van der Waals surface area contributed by atoms with Gasteiger partial charge in [0.05, 0.1) is 25.2 Å². The third-order valence-corrected chi connectivity index (χ3v) is 6.68. The molecule has 36 heavy (non-hydrogen) atoms. The summed E-state index contributed by atoms with van der Waals surface area (Å²) in [6.07, 6.45) is 2.39. The Labute approximate surface area is 223 Å².